The molecule has 6 heteroatoms. The fraction of sp³-hybridized carbons (Fsp3) is 0.333. The van der Waals surface area contributed by atoms with Crippen LogP contribution >= 0.6 is 11.6 Å². The van der Waals surface area contributed by atoms with Crippen LogP contribution in [0.1, 0.15) is 12.0 Å². The van der Waals surface area contributed by atoms with Crippen LogP contribution in [0.3, 0.4) is 0 Å². The molecule has 0 saturated carbocycles. The van der Waals surface area contributed by atoms with Gasteiger partial charge in [0.15, 0.2) is 5.96 Å². The van der Waals surface area contributed by atoms with Gasteiger partial charge in [0.1, 0.15) is 5.82 Å². The predicted octanol–water partition coefficient (Wildman–Crippen LogP) is 3.30. The van der Waals surface area contributed by atoms with E-state index in [2.05, 4.69) is 33.2 Å². The van der Waals surface area contributed by atoms with Crippen LogP contribution in [0, 0.1) is 12.8 Å². The summed E-state index contributed by atoms with van der Waals surface area (Å²) in [6.45, 7) is 4.82. The number of nitrogens with one attached hydrogen (secondary N) is 1. The minimum atomic E-state index is 0.408. The zero-order chi connectivity index (χ0) is 16.9. The number of guanidine groups is 1. The summed E-state index contributed by atoms with van der Waals surface area (Å²) in [5.41, 5.74) is 8.41. The average Bonchev–Trinajstić information content (AvgIpc) is 3.05. The molecule has 3 rings (SSSR count). The summed E-state index contributed by atoms with van der Waals surface area (Å²) in [5.74, 6) is 1.61. The number of hydrogen-bond acceptors (Lipinski definition) is 3. The Morgan fingerprint density at radius 3 is 3.08 bits per heavy atom. The number of aliphatic imine (C=N–C) groups is 1. The minimum absolute atomic E-state index is 0.408. The van der Waals surface area contributed by atoms with Crippen molar-refractivity contribution in [1.82, 2.24) is 4.98 Å². The van der Waals surface area contributed by atoms with Gasteiger partial charge >= 0.3 is 0 Å². The Balaban J connectivity index is 1.56. The first-order valence-corrected chi connectivity index (χ1v) is 8.48. The lowest BCUT2D eigenvalue weighted by molar-refractivity contribution is 0.603. The van der Waals surface area contributed by atoms with Gasteiger partial charge in [0.25, 0.3) is 0 Å². The van der Waals surface area contributed by atoms with E-state index >= 15 is 0 Å². The Morgan fingerprint density at radius 1 is 1.42 bits per heavy atom. The summed E-state index contributed by atoms with van der Waals surface area (Å²) < 4.78 is 0. The number of halogens is 1. The number of aromatic nitrogens is 1. The summed E-state index contributed by atoms with van der Waals surface area (Å²) in [7, 11) is 0. The van der Waals surface area contributed by atoms with Crippen LogP contribution in [-0.4, -0.2) is 30.6 Å². The van der Waals surface area contributed by atoms with Crippen molar-refractivity contribution >= 4 is 29.1 Å². The zero-order valence-corrected chi connectivity index (χ0v) is 14.5. The third-order valence-corrected chi connectivity index (χ3v) is 4.47. The van der Waals surface area contributed by atoms with Gasteiger partial charge in [-0.2, -0.15) is 0 Å². The van der Waals surface area contributed by atoms with Crippen molar-refractivity contribution in [1.29, 1.82) is 0 Å². The SMILES string of the molecule is Cc1ccc(Cl)cc1N1CCC(CN=C(N)Nc2ccccn2)C1. The minimum Gasteiger partial charge on any atom is -0.371 e. The number of nitrogens with two attached hydrogens (primary N) is 1. The molecule has 1 aliphatic heterocycles. The van der Waals surface area contributed by atoms with E-state index in [1.54, 1.807) is 6.20 Å². The molecule has 0 aliphatic carbocycles. The van der Waals surface area contributed by atoms with Gasteiger partial charge in [0, 0.05) is 36.5 Å². The van der Waals surface area contributed by atoms with E-state index in [1.807, 2.05) is 30.3 Å². The number of pyridine rings is 1. The first kappa shape index (κ1) is 16.6. The molecule has 1 aromatic carbocycles. The summed E-state index contributed by atoms with van der Waals surface area (Å²) in [6, 6.07) is 11.7. The van der Waals surface area contributed by atoms with Crippen LogP contribution in [0.5, 0.6) is 0 Å². The summed E-state index contributed by atoms with van der Waals surface area (Å²) in [4.78, 5) is 11.0. The summed E-state index contributed by atoms with van der Waals surface area (Å²) in [6.07, 6.45) is 2.82. The molecule has 0 spiro atoms. The van der Waals surface area contributed by atoms with Crippen molar-refractivity contribution in [3.8, 4) is 0 Å². The molecule has 1 fully saturated rings. The second-order valence-corrected chi connectivity index (χ2v) is 6.53. The van der Waals surface area contributed by atoms with E-state index < -0.39 is 0 Å². The van der Waals surface area contributed by atoms with E-state index in [-0.39, 0.29) is 0 Å². The van der Waals surface area contributed by atoms with Gasteiger partial charge in [-0.1, -0.05) is 23.7 Å². The molecule has 2 aromatic rings. The van der Waals surface area contributed by atoms with E-state index in [0.29, 0.717) is 24.2 Å². The lowest BCUT2D eigenvalue weighted by Gasteiger charge is -2.21. The summed E-state index contributed by atoms with van der Waals surface area (Å²) in [5, 5.41) is 3.79. The molecule has 0 radical (unpaired) electrons. The molecule has 3 N–H and O–H groups in total. The molecule has 24 heavy (non-hydrogen) atoms. The van der Waals surface area contributed by atoms with Crippen LogP contribution < -0.4 is 16.0 Å². The van der Waals surface area contributed by atoms with Crippen LogP contribution in [0.15, 0.2) is 47.6 Å². The molecule has 0 amide bonds. The van der Waals surface area contributed by atoms with Crippen molar-refractivity contribution < 1.29 is 0 Å². The van der Waals surface area contributed by atoms with Gasteiger partial charge in [-0.25, -0.2) is 4.98 Å². The van der Waals surface area contributed by atoms with Crippen LogP contribution in [0.25, 0.3) is 0 Å². The molecular formula is C18H22ClN5. The molecule has 1 atom stereocenters. The maximum Gasteiger partial charge on any atom is 0.194 e. The number of aryl methyl sites for hydroxylation is 1. The van der Waals surface area contributed by atoms with Gasteiger partial charge in [0.2, 0.25) is 0 Å². The third kappa shape index (κ3) is 4.17. The maximum atomic E-state index is 6.13. The second-order valence-electron chi connectivity index (χ2n) is 6.10. The Labute approximate surface area is 147 Å². The smallest absolute Gasteiger partial charge is 0.194 e. The maximum absolute atomic E-state index is 6.13. The van der Waals surface area contributed by atoms with Crippen LogP contribution in [0.2, 0.25) is 5.02 Å². The third-order valence-electron chi connectivity index (χ3n) is 4.24. The number of rotatable bonds is 4. The number of anilines is 2. The topological polar surface area (TPSA) is 66.5 Å². The lowest BCUT2D eigenvalue weighted by Crippen LogP contribution is -2.25. The van der Waals surface area contributed by atoms with Crippen molar-refractivity contribution in [2.24, 2.45) is 16.6 Å². The van der Waals surface area contributed by atoms with E-state index in [4.69, 9.17) is 17.3 Å². The molecule has 0 bridgehead atoms. The van der Waals surface area contributed by atoms with Gasteiger partial charge in [-0.05, 0) is 49.1 Å². The highest BCUT2D eigenvalue weighted by atomic mass is 35.5. The summed E-state index contributed by atoms with van der Waals surface area (Å²) >= 11 is 6.13. The fourth-order valence-electron chi connectivity index (χ4n) is 2.96. The molecular weight excluding hydrogens is 322 g/mol. The van der Waals surface area contributed by atoms with E-state index in [1.165, 1.54) is 11.3 Å². The molecule has 1 unspecified atom stereocenters. The van der Waals surface area contributed by atoms with Crippen LogP contribution in [0.4, 0.5) is 11.5 Å². The molecule has 126 valence electrons. The van der Waals surface area contributed by atoms with Gasteiger partial charge in [-0.3, -0.25) is 4.99 Å². The largest absolute Gasteiger partial charge is 0.371 e. The monoisotopic (exact) mass is 343 g/mol. The Kier molecular flexibility index (Phi) is 5.20. The number of nitrogens with zero attached hydrogens (tertiary/aromatic N) is 3. The van der Waals surface area contributed by atoms with Gasteiger partial charge < -0.3 is 16.0 Å². The highest BCUT2D eigenvalue weighted by molar-refractivity contribution is 6.30. The Bertz CT molecular complexity index is 717. The van der Waals surface area contributed by atoms with Crippen molar-refractivity contribution in [2.75, 3.05) is 29.9 Å². The fourth-order valence-corrected chi connectivity index (χ4v) is 3.12. The molecule has 5 nitrogen and oxygen atoms in total. The second kappa shape index (κ2) is 7.53. The Morgan fingerprint density at radius 2 is 2.29 bits per heavy atom. The van der Waals surface area contributed by atoms with Gasteiger partial charge in [0.05, 0.1) is 0 Å². The van der Waals surface area contributed by atoms with Crippen LogP contribution in [-0.2, 0) is 0 Å². The predicted molar refractivity (Wildman–Crippen MR) is 101 cm³/mol. The highest BCUT2D eigenvalue weighted by Crippen LogP contribution is 2.29. The zero-order valence-electron chi connectivity index (χ0n) is 13.7. The van der Waals surface area contributed by atoms with Crippen molar-refractivity contribution in [3.63, 3.8) is 0 Å². The normalized spacial score (nSPS) is 18.0. The Hall–Kier alpha value is -2.27. The van der Waals surface area contributed by atoms with E-state index in [9.17, 15) is 0 Å². The average molecular weight is 344 g/mol. The number of hydrogen-bond donors (Lipinski definition) is 2. The standard InChI is InChI=1S/C18H22ClN5/c1-13-5-6-15(19)10-16(13)24-9-7-14(12-24)11-22-18(20)23-17-4-2-3-8-21-17/h2-6,8,10,14H,7,9,11-12H2,1H3,(H3,20,21,22,23). The highest BCUT2D eigenvalue weighted by Gasteiger charge is 2.23. The molecule has 1 aliphatic rings. The van der Waals surface area contributed by atoms with Crippen molar-refractivity contribution in [3.05, 3.63) is 53.2 Å². The first-order valence-electron chi connectivity index (χ1n) is 8.11. The van der Waals surface area contributed by atoms with Gasteiger partial charge in [-0.15, -0.1) is 0 Å². The van der Waals surface area contributed by atoms with Crippen molar-refractivity contribution in [2.45, 2.75) is 13.3 Å². The lowest BCUT2D eigenvalue weighted by atomic mass is 10.1. The number of benzene rings is 1. The molecule has 1 aromatic heterocycles. The first-order chi connectivity index (χ1) is 11.6. The molecule has 2 heterocycles. The molecule has 1 saturated heterocycles. The quantitative estimate of drug-likeness (QED) is 0.660. The van der Waals surface area contributed by atoms with E-state index in [0.717, 1.165) is 24.5 Å².